The van der Waals surface area contributed by atoms with E-state index in [9.17, 15) is 17.6 Å². The number of hydrogen-bond acceptors (Lipinski definition) is 5. The molecular formula is C20H23F4N5O. The molecule has 2 N–H and O–H groups in total. The van der Waals surface area contributed by atoms with E-state index in [1.165, 1.54) is 10.6 Å². The quantitative estimate of drug-likeness (QED) is 0.596. The molecule has 0 aliphatic carbocycles. The zero-order chi connectivity index (χ0) is 22.3. The predicted molar refractivity (Wildman–Crippen MR) is 104 cm³/mol. The largest absolute Gasteiger partial charge is 0.419 e. The van der Waals surface area contributed by atoms with Crippen molar-refractivity contribution in [1.29, 1.82) is 0 Å². The third-order valence-corrected chi connectivity index (χ3v) is 4.61. The van der Waals surface area contributed by atoms with E-state index < -0.39 is 29.0 Å². The maximum Gasteiger partial charge on any atom is 0.419 e. The van der Waals surface area contributed by atoms with E-state index in [0.29, 0.717) is 28.7 Å². The van der Waals surface area contributed by atoms with E-state index in [1.54, 1.807) is 13.0 Å². The number of benzene rings is 1. The van der Waals surface area contributed by atoms with Crippen LogP contribution >= 0.6 is 0 Å². The highest BCUT2D eigenvalue weighted by molar-refractivity contribution is 5.48. The zero-order valence-corrected chi connectivity index (χ0v) is 17.0. The normalized spacial score (nSPS) is 13.6. The average Bonchev–Trinajstić information content (AvgIpc) is 2.99. The summed E-state index contributed by atoms with van der Waals surface area (Å²) >= 11 is 0. The minimum Gasteiger partial charge on any atom is -0.396 e. The molecule has 0 fully saturated rings. The number of aromatic nitrogens is 4. The number of rotatable bonds is 5. The lowest BCUT2D eigenvalue weighted by atomic mass is 9.82. The Morgan fingerprint density at radius 2 is 1.83 bits per heavy atom. The summed E-state index contributed by atoms with van der Waals surface area (Å²) in [6.45, 7) is 7.33. The third kappa shape index (κ3) is 4.53. The van der Waals surface area contributed by atoms with Crippen LogP contribution in [0.5, 0.6) is 0 Å². The maximum absolute atomic E-state index is 14.2. The van der Waals surface area contributed by atoms with Gasteiger partial charge in [0, 0.05) is 18.2 Å². The van der Waals surface area contributed by atoms with Gasteiger partial charge in [0.25, 0.3) is 5.78 Å². The maximum atomic E-state index is 14.2. The average molecular weight is 425 g/mol. The summed E-state index contributed by atoms with van der Waals surface area (Å²) in [7, 11) is 0. The molecule has 1 aromatic carbocycles. The van der Waals surface area contributed by atoms with Gasteiger partial charge >= 0.3 is 6.18 Å². The molecule has 1 atom stereocenters. The molecule has 0 unspecified atom stereocenters. The molecule has 2 heterocycles. The monoisotopic (exact) mass is 425 g/mol. The second kappa shape index (κ2) is 7.82. The van der Waals surface area contributed by atoms with Crippen LogP contribution in [-0.4, -0.2) is 31.3 Å². The Bertz CT molecular complexity index is 1060. The van der Waals surface area contributed by atoms with Crippen LogP contribution in [0.3, 0.4) is 0 Å². The van der Waals surface area contributed by atoms with Crippen molar-refractivity contribution in [3.8, 4) is 0 Å². The number of aryl methyl sites for hydroxylation is 1. The fourth-order valence-corrected chi connectivity index (χ4v) is 3.23. The Morgan fingerprint density at radius 1 is 1.13 bits per heavy atom. The lowest BCUT2D eigenvalue weighted by molar-refractivity contribution is -0.140. The summed E-state index contributed by atoms with van der Waals surface area (Å²) in [6.07, 6.45) is -4.50. The predicted octanol–water partition coefficient (Wildman–Crippen LogP) is 4.32. The number of halogens is 4. The SMILES string of the molecule is Cc1cc(N[C@@H](c2ccc(C(F)(F)F)c(F)c2)C(C)(C)C)n2nc(CCO)nc2n1. The molecule has 0 radical (unpaired) electrons. The van der Waals surface area contributed by atoms with Gasteiger partial charge in [-0.2, -0.15) is 22.7 Å². The number of fused-ring (bicyclic) bond motifs is 1. The molecule has 0 saturated heterocycles. The van der Waals surface area contributed by atoms with Crippen LogP contribution in [0, 0.1) is 18.2 Å². The van der Waals surface area contributed by atoms with Gasteiger partial charge in [-0.25, -0.2) is 9.37 Å². The Balaban J connectivity index is 2.06. The molecule has 6 nitrogen and oxygen atoms in total. The molecule has 0 saturated carbocycles. The summed E-state index contributed by atoms with van der Waals surface area (Å²) in [6, 6.07) is 4.13. The first-order valence-corrected chi connectivity index (χ1v) is 9.37. The molecule has 162 valence electrons. The second-order valence-corrected chi connectivity index (χ2v) is 8.18. The molecule has 30 heavy (non-hydrogen) atoms. The first kappa shape index (κ1) is 21.9. The summed E-state index contributed by atoms with van der Waals surface area (Å²) < 4.78 is 54.5. The Labute approximate surface area is 171 Å². The van der Waals surface area contributed by atoms with E-state index >= 15 is 0 Å². The van der Waals surface area contributed by atoms with E-state index in [2.05, 4.69) is 20.4 Å². The van der Waals surface area contributed by atoms with E-state index in [4.69, 9.17) is 5.11 Å². The number of aliphatic hydroxyl groups excluding tert-OH is 1. The highest BCUT2D eigenvalue weighted by Crippen LogP contribution is 2.38. The lowest BCUT2D eigenvalue weighted by Crippen LogP contribution is -2.27. The minimum absolute atomic E-state index is 0.117. The Kier molecular flexibility index (Phi) is 5.72. The molecule has 0 aliphatic rings. The topological polar surface area (TPSA) is 75.3 Å². The van der Waals surface area contributed by atoms with Crippen molar-refractivity contribution in [3.05, 3.63) is 52.7 Å². The number of nitrogens with zero attached hydrogens (tertiary/aromatic N) is 4. The summed E-state index contributed by atoms with van der Waals surface area (Å²) in [5.74, 6) is -0.0775. The van der Waals surface area contributed by atoms with Crippen molar-refractivity contribution in [3.63, 3.8) is 0 Å². The van der Waals surface area contributed by atoms with Gasteiger partial charge in [0.2, 0.25) is 0 Å². The molecule has 0 bridgehead atoms. The number of anilines is 1. The van der Waals surface area contributed by atoms with Crippen LogP contribution in [0.1, 0.15) is 49.5 Å². The summed E-state index contributed by atoms with van der Waals surface area (Å²) in [5, 5.41) is 16.7. The Hall–Kier alpha value is -2.75. The second-order valence-electron chi connectivity index (χ2n) is 8.18. The lowest BCUT2D eigenvalue weighted by Gasteiger charge is -2.33. The van der Waals surface area contributed by atoms with Gasteiger partial charge in [-0.05, 0) is 30.0 Å². The van der Waals surface area contributed by atoms with Crippen molar-refractivity contribution in [2.24, 2.45) is 5.41 Å². The van der Waals surface area contributed by atoms with Crippen molar-refractivity contribution >= 4 is 11.6 Å². The number of nitrogens with one attached hydrogen (secondary N) is 1. The van der Waals surface area contributed by atoms with Crippen molar-refractivity contribution in [2.45, 2.75) is 46.3 Å². The van der Waals surface area contributed by atoms with E-state index in [0.717, 1.165) is 12.1 Å². The molecule has 2 aromatic heterocycles. The van der Waals surface area contributed by atoms with Gasteiger partial charge in [0.1, 0.15) is 11.6 Å². The van der Waals surface area contributed by atoms with Gasteiger partial charge in [-0.3, -0.25) is 0 Å². The zero-order valence-electron chi connectivity index (χ0n) is 17.0. The first-order chi connectivity index (χ1) is 13.9. The smallest absolute Gasteiger partial charge is 0.396 e. The van der Waals surface area contributed by atoms with Crippen LogP contribution in [0.4, 0.5) is 23.4 Å². The molecule has 0 aliphatic heterocycles. The molecule has 10 heteroatoms. The standard InChI is InChI=1S/C20H23F4N5O/c1-11-9-16(29-18(25-11)26-15(28-29)7-8-30)27-17(19(2,3)4)12-5-6-13(14(21)10-12)20(22,23)24/h5-6,9-10,17,27,30H,7-8H2,1-4H3/t17-/m0/s1. The number of alkyl halides is 3. The molecule has 0 spiro atoms. The van der Waals surface area contributed by atoms with Gasteiger partial charge in [0.05, 0.1) is 18.2 Å². The third-order valence-electron chi connectivity index (χ3n) is 4.61. The fraction of sp³-hybridized carbons (Fsp3) is 0.450. The summed E-state index contributed by atoms with van der Waals surface area (Å²) in [4.78, 5) is 8.59. The van der Waals surface area contributed by atoms with Crippen molar-refractivity contribution in [1.82, 2.24) is 19.6 Å². The van der Waals surface area contributed by atoms with Gasteiger partial charge in [-0.1, -0.05) is 26.8 Å². The van der Waals surface area contributed by atoms with Crippen LogP contribution in [0.2, 0.25) is 0 Å². The van der Waals surface area contributed by atoms with Crippen LogP contribution in [0.15, 0.2) is 24.3 Å². The number of hydrogen-bond donors (Lipinski definition) is 2. The highest BCUT2D eigenvalue weighted by atomic mass is 19.4. The first-order valence-electron chi connectivity index (χ1n) is 9.37. The highest BCUT2D eigenvalue weighted by Gasteiger charge is 2.35. The summed E-state index contributed by atoms with van der Waals surface area (Å²) in [5.41, 5.74) is -0.763. The van der Waals surface area contributed by atoms with Crippen molar-refractivity contribution in [2.75, 3.05) is 11.9 Å². The van der Waals surface area contributed by atoms with Crippen LogP contribution < -0.4 is 5.32 Å². The van der Waals surface area contributed by atoms with Crippen molar-refractivity contribution < 1.29 is 22.7 Å². The Morgan fingerprint density at radius 3 is 2.40 bits per heavy atom. The van der Waals surface area contributed by atoms with Gasteiger partial charge in [-0.15, -0.1) is 5.10 Å². The van der Waals surface area contributed by atoms with E-state index in [1.807, 2.05) is 20.8 Å². The van der Waals surface area contributed by atoms with Crippen LogP contribution in [-0.2, 0) is 12.6 Å². The minimum atomic E-state index is -4.76. The molecule has 0 amide bonds. The molecular weight excluding hydrogens is 402 g/mol. The van der Waals surface area contributed by atoms with Gasteiger partial charge in [0.15, 0.2) is 5.82 Å². The van der Waals surface area contributed by atoms with E-state index in [-0.39, 0.29) is 13.0 Å². The molecule has 3 aromatic rings. The number of aliphatic hydroxyl groups is 1. The van der Waals surface area contributed by atoms with Crippen LogP contribution in [0.25, 0.3) is 5.78 Å². The molecule has 3 rings (SSSR count). The fourth-order valence-electron chi connectivity index (χ4n) is 3.23. The van der Waals surface area contributed by atoms with Gasteiger partial charge < -0.3 is 10.4 Å².